The summed E-state index contributed by atoms with van der Waals surface area (Å²) in [6, 6.07) is 0. The van der Waals surface area contributed by atoms with E-state index in [1.54, 1.807) is 5.57 Å². The predicted octanol–water partition coefficient (Wildman–Crippen LogP) is 2.58. The van der Waals surface area contributed by atoms with Crippen LogP contribution in [0.5, 0.6) is 0 Å². The van der Waals surface area contributed by atoms with E-state index in [1.807, 2.05) is 0 Å². The van der Waals surface area contributed by atoms with Crippen LogP contribution < -0.4 is 10.6 Å². The van der Waals surface area contributed by atoms with Crippen LogP contribution in [0.25, 0.3) is 0 Å². The van der Waals surface area contributed by atoms with Gasteiger partial charge < -0.3 is 20.4 Å². The molecule has 1 unspecified atom stereocenters. The normalized spacial score (nSPS) is 17.4. The van der Waals surface area contributed by atoms with Gasteiger partial charge in [-0.3, -0.25) is 0 Å². The van der Waals surface area contributed by atoms with Gasteiger partial charge in [0.25, 0.3) is 0 Å². The summed E-state index contributed by atoms with van der Waals surface area (Å²) < 4.78 is 0. The fourth-order valence-electron chi connectivity index (χ4n) is 3.37. The lowest BCUT2D eigenvalue weighted by Gasteiger charge is -2.26. The number of rotatable bonds is 16. The standard InChI is InChI=1S/C20H42N4/c1-5-23(6-2)13-9-11-21-17-19-15-20(16-19)18-22-12-10-14-24(7-3)8-4/h15,19,21-22H,5-14,16-18H2,1-4H3. The first-order valence-electron chi connectivity index (χ1n) is 10.3. The summed E-state index contributed by atoms with van der Waals surface area (Å²) in [5.41, 5.74) is 1.60. The fraction of sp³-hybridized carbons (Fsp3) is 0.900. The predicted molar refractivity (Wildman–Crippen MR) is 107 cm³/mol. The van der Waals surface area contributed by atoms with Crippen molar-refractivity contribution in [3.63, 3.8) is 0 Å². The largest absolute Gasteiger partial charge is 0.316 e. The van der Waals surface area contributed by atoms with Gasteiger partial charge in [0.2, 0.25) is 0 Å². The number of nitrogens with one attached hydrogen (secondary N) is 2. The average Bonchev–Trinajstić information content (AvgIpc) is 2.57. The zero-order valence-electron chi connectivity index (χ0n) is 16.7. The van der Waals surface area contributed by atoms with Crippen LogP contribution in [0.3, 0.4) is 0 Å². The summed E-state index contributed by atoms with van der Waals surface area (Å²) >= 11 is 0. The minimum atomic E-state index is 0.769. The highest BCUT2D eigenvalue weighted by Gasteiger charge is 2.17. The van der Waals surface area contributed by atoms with Gasteiger partial charge in [0.1, 0.15) is 0 Å². The van der Waals surface area contributed by atoms with Crippen LogP contribution in [-0.4, -0.2) is 75.2 Å². The maximum absolute atomic E-state index is 3.62. The molecule has 0 saturated carbocycles. The summed E-state index contributed by atoms with van der Waals surface area (Å²) in [6.45, 7) is 20.7. The van der Waals surface area contributed by atoms with Gasteiger partial charge in [-0.15, -0.1) is 0 Å². The SMILES string of the molecule is CCN(CC)CCCNCC1=CC(CNCCCN(CC)CC)C1. The van der Waals surface area contributed by atoms with E-state index < -0.39 is 0 Å². The highest BCUT2D eigenvalue weighted by Crippen LogP contribution is 2.24. The second kappa shape index (κ2) is 13.8. The second-order valence-corrected chi connectivity index (χ2v) is 6.93. The Morgan fingerprint density at radius 1 is 0.875 bits per heavy atom. The topological polar surface area (TPSA) is 30.5 Å². The smallest absolute Gasteiger partial charge is 0.0164 e. The van der Waals surface area contributed by atoms with Crippen molar-refractivity contribution in [2.75, 3.05) is 65.4 Å². The highest BCUT2D eigenvalue weighted by atomic mass is 15.1. The number of hydrogen-bond donors (Lipinski definition) is 2. The summed E-state index contributed by atoms with van der Waals surface area (Å²) in [6.07, 6.45) is 6.27. The van der Waals surface area contributed by atoms with Crippen LogP contribution in [0, 0.1) is 5.92 Å². The van der Waals surface area contributed by atoms with E-state index in [0.29, 0.717) is 0 Å². The molecule has 1 aliphatic rings. The summed E-state index contributed by atoms with van der Waals surface area (Å²) in [7, 11) is 0. The Hall–Kier alpha value is -0.420. The van der Waals surface area contributed by atoms with Gasteiger partial charge in [-0.05, 0) is 77.5 Å². The molecule has 4 heteroatoms. The molecule has 0 aromatic carbocycles. The Kier molecular flexibility index (Phi) is 12.5. The van der Waals surface area contributed by atoms with Gasteiger partial charge >= 0.3 is 0 Å². The van der Waals surface area contributed by atoms with Gasteiger partial charge in [0.15, 0.2) is 0 Å². The lowest BCUT2D eigenvalue weighted by Crippen LogP contribution is -2.32. The van der Waals surface area contributed by atoms with Crippen molar-refractivity contribution in [2.45, 2.75) is 47.0 Å². The van der Waals surface area contributed by atoms with Crippen molar-refractivity contribution >= 4 is 0 Å². The van der Waals surface area contributed by atoms with Crippen LogP contribution in [0.2, 0.25) is 0 Å². The van der Waals surface area contributed by atoms with E-state index in [-0.39, 0.29) is 0 Å². The Bertz CT molecular complexity index is 322. The van der Waals surface area contributed by atoms with Crippen LogP contribution in [0.4, 0.5) is 0 Å². The molecule has 0 saturated heterocycles. The van der Waals surface area contributed by atoms with Crippen molar-refractivity contribution in [2.24, 2.45) is 5.92 Å². The van der Waals surface area contributed by atoms with Crippen LogP contribution in [-0.2, 0) is 0 Å². The average molecular weight is 339 g/mol. The summed E-state index contributed by atoms with van der Waals surface area (Å²) in [4.78, 5) is 4.99. The Labute approximate surface area is 151 Å². The summed E-state index contributed by atoms with van der Waals surface area (Å²) in [5.74, 6) is 0.769. The van der Waals surface area contributed by atoms with Gasteiger partial charge in [0.05, 0.1) is 0 Å². The highest BCUT2D eigenvalue weighted by molar-refractivity contribution is 5.18. The Morgan fingerprint density at radius 3 is 1.88 bits per heavy atom. The lowest BCUT2D eigenvalue weighted by atomic mass is 9.86. The molecule has 142 valence electrons. The monoisotopic (exact) mass is 338 g/mol. The molecule has 0 radical (unpaired) electrons. The molecule has 0 aliphatic heterocycles. The third kappa shape index (κ3) is 9.16. The first kappa shape index (κ1) is 21.6. The molecule has 0 fully saturated rings. The van der Waals surface area contributed by atoms with Crippen molar-refractivity contribution in [1.82, 2.24) is 20.4 Å². The Morgan fingerprint density at radius 2 is 1.38 bits per heavy atom. The fourth-order valence-corrected chi connectivity index (χ4v) is 3.37. The Balaban J connectivity index is 1.92. The maximum atomic E-state index is 3.62. The van der Waals surface area contributed by atoms with E-state index in [9.17, 15) is 0 Å². The zero-order valence-corrected chi connectivity index (χ0v) is 16.7. The molecule has 0 aromatic heterocycles. The van der Waals surface area contributed by atoms with Gasteiger partial charge in [0, 0.05) is 13.1 Å². The summed E-state index contributed by atoms with van der Waals surface area (Å²) in [5, 5.41) is 7.21. The molecular weight excluding hydrogens is 296 g/mol. The molecule has 0 spiro atoms. The van der Waals surface area contributed by atoms with Crippen LogP contribution in [0.15, 0.2) is 11.6 Å². The second-order valence-electron chi connectivity index (χ2n) is 6.93. The molecule has 4 nitrogen and oxygen atoms in total. The van der Waals surface area contributed by atoms with Gasteiger partial charge in [-0.25, -0.2) is 0 Å². The molecule has 2 N–H and O–H groups in total. The zero-order chi connectivity index (χ0) is 17.6. The molecule has 24 heavy (non-hydrogen) atoms. The quantitative estimate of drug-likeness (QED) is 0.334. The third-order valence-corrected chi connectivity index (χ3v) is 5.20. The van der Waals surface area contributed by atoms with Crippen molar-refractivity contribution in [3.05, 3.63) is 11.6 Å². The molecule has 1 rings (SSSR count). The molecule has 0 heterocycles. The molecular formula is C20H42N4. The molecule has 1 aliphatic carbocycles. The molecule has 0 bridgehead atoms. The van der Waals surface area contributed by atoms with E-state index in [4.69, 9.17) is 0 Å². The lowest BCUT2D eigenvalue weighted by molar-refractivity contribution is 0.296. The molecule has 0 amide bonds. The van der Waals surface area contributed by atoms with E-state index in [0.717, 1.165) is 32.1 Å². The van der Waals surface area contributed by atoms with E-state index in [1.165, 1.54) is 58.5 Å². The number of nitrogens with zero attached hydrogens (tertiary/aromatic N) is 2. The molecule has 0 aromatic rings. The van der Waals surface area contributed by atoms with Crippen molar-refractivity contribution < 1.29 is 0 Å². The maximum Gasteiger partial charge on any atom is 0.0164 e. The molecule has 1 atom stereocenters. The van der Waals surface area contributed by atoms with Crippen LogP contribution in [0.1, 0.15) is 47.0 Å². The third-order valence-electron chi connectivity index (χ3n) is 5.20. The van der Waals surface area contributed by atoms with E-state index >= 15 is 0 Å². The van der Waals surface area contributed by atoms with Gasteiger partial charge in [-0.2, -0.15) is 0 Å². The van der Waals surface area contributed by atoms with Crippen LogP contribution >= 0.6 is 0 Å². The van der Waals surface area contributed by atoms with Crippen molar-refractivity contribution in [1.29, 1.82) is 0 Å². The van der Waals surface area contributed by atoms with Gasteiger partial charge in [-0.1, -0.05) is 39.3 Å². The van der Waals surface area contributed by atoms with Crippen molar-refractivity contribution in [3.8, 4) is 0 Å². The van der Waals surface area contributed by atoms with E-state index in [2.05, 4.69) is 54.2 Å². The number of hydrogen-bond acceptors (Lipinski definition) is 4. The minimum Gasteiger partial charge on any atom is -0.316 e. The first-order valence-corrected chi connectivity index (χ1v) is 10.3. The minimum absolute atomic E-state index is 0.769. The first-order chi connectivity index (χ1) is 11.7.